The summed E-state index contributed by atoms with van der Waals surface area (Å²) in [6.45, 7) is 1.65. The molecule has 0 atom stereocenters. The lowest BCUT2D eigenvalue weighted by atomic mass is 10.0. The Morgan fingerprint density at radius 1 is 1.18 bits per heavy atom. The quantitative estimate of drug-likeness (QED) is 0.829. The Morgan fingerprint density at radius 3 is 2.53 bits per heavy atom. The predicted octanol–water partition coefficient (Wildman–Crippen LogP) is 3.14. The molecule has 1 aromatic carbocycles. The molecule has 1 N–H and O–H groups in total. The van der Waals surface area contributed by atoms with Gasteiger partial charge in [0.15, 0.2) is 0 Å². The number of hydrogen-bond donors (Lipinski definition) is 1. The molecule has 2 nitrogen and oxygen atoms in total. The monoisotopic (exact) mass is 241 g/mol. The molecule has 1 aromatic heterocycles. The third kappa shape index (κ3) is 1.80. The van der Waals surface area contributed by atoms with Gasteiger partial charge < -0.3 is 9.73 Å². The summed E-state index contributed by atoms with van der Waals surface area (Å²) in [4.78, 5) is 0. The molecule has 1 aliphatic rings. The van der Waals surface area contributed by atoms with Crippen molar-refractivity contribution in [3.8, 4) is 0 Å². The van der Waals surface area contributed by atoms with Crippen molar-refractivity contribution in [3.05, 3.63) is 35.6 Å². The zero-order chi connectivity index (χ0) is 12.0. The van der Waals surface area contributed by atoms with Gasteiger partial charge in [-0.05, 0) is 18.2 Å². The predicted molar refractivity (Wildman–Crippen MR) is 56.8 cm³/mol. The molecule has 1 aliphatic heterocycles. The van der Waals surface area contributed by atoms with Gasteiger partial charge in [0.2, 0.25) is 0 Å². The average molecular weight is 241 g/mol. The highest BCUT2D eigenvalue weighted by Crippen LogP contribution is 2.34. The fraction of sp³-hybridized carbons (Fsp3) is 0.333. The fourth-order valence-corrected chi connectivity index (χ4v) is 1.92. The molecule has 3 rings (SSSR count). The highest BCUT2D eigenvalue weighted by molar-refractivity contribution is 5.79. The van der Waals surface area contributed by atoms with Gasteiger partial charge in [-0.25, -0.2) is 0 Å². The number of benzene rings is 1. The molecule has 1 fully saturated rings. The van der Waals surface area contributed by atoms with Gasteiger partial charge in [0.25, 0.3) is 0 Å². The molecule has 0 saturated carbocycles. The van der Waals surface area contributed by atoms with Crippen molar-refractivity contribution in [2.75, 3.05) is 13.1 Å². The molecule has 1 saturated heterocycles. The summed E-state index contributed by atoms with van der Waals surface area (Å²) < 4.78 is 43.0. The van der Waals surface area contributed by atoms with Crippen molar-refractivity contribution in [1.82, 2.24) is 5.32 Å². The molecule has 5 heteroatoms. The third-order valence-corrected chi connectivity index (χ3v) is 3.05. The molecule has 17 heavy (non-hydrogen) atoms. The molecule has 2 aromatic rings. The van der Waals surface area contributed by atoms with Crippen LogP contribution in [0, 0.1) is 0 Å². The first-order valence-corrected chi connectivity index (χ1v) is 5.35. The summed E-state index contributed by atoms with van der Waals surface area (Å²) >= 11 is 0. The van der Waals surface area contributed by atoms with Crippen LogP contribution in [0.1, 0.15) is 17.2 Å². The van der Waals surface area contributed by atoms with Crippen molar-refractivity contribution < 1.29 is 17.6 Å². The molecular weight excluding hydrogens is 231 g/mol. The first kappa shape index (κ1) is 10.7. The van der Waals surface area contributed by atoms with E-state index in [1.54, 1.807) is 0 Å². The Bertz CT molecular complexity index is 554. The third-order valence-electron chi connectivity index (χ3n) is 3.05. The van der Waals surface area contributed by atoms with E-state index in [9.17, 15) is 13.2 Å². The molecule has 0 aliphatic carbocycles. The minimum Gasteiger partial charge on any atom is -0.461 e. The van der Waals surface area contributed by atoms with Crippen LogP contribution >= 0.6 is 0 Å². The van der Waals surface area contributed by atoms with Crippen molar-refractivity contribution in [1.29, 1.82) is 0 Å². The van der Waals surface area contributed by atoms with E-state index < -0.39 is 11.7 Å². The van der Waals surface area contributed by atoms with E-state index in [0.717, 1.165) is 36.4 Å². The maximum atomic E-state index is 12.5. The molecule has 0 unspecified atom stereocenters. The molecular formula is C12H10F3NO. The summed E-state index contributed by atoms with van der Waals surface area (Å²) in [5, 5.41) is 3.82. The first-order valence-electron chi connectivity index (χ1n) is 5.35. The zero-order valence-electron chi connectivity index (χ0n) is 8.84. The minimum atomic E-state index is -4.32. The summed E-state index contributed by atoms with van der Waals surface area (Å²) in [6, 6.07) is 5.42. The lowest BCUT2D eigenvalue weighted by Crippen LogP contribution is -2.39. The highest BCUT2D eigenvalue weighted by atomic mass is 19.4. The number of halogens is 3. The standard InChI is InChI=1S/C12H10F3NO/c13-12(14,15)9-2-1-7-3-10(8-5-16-6-8)17-11(7)4-9/h1-4,8,16H,5-6H2. The zero-order valence-corrected chi connectivity index (χ0v) is 8.84. The van der Waals surface area contributed by atoms with E-state index in [0.29, 0.717) is 5.58 Å². The van der Waals surface area contributed by atoms with Crippen LogP contribution < -0.4 is 5.32 Å². The van der Waals surface area contributed by atoms with E-state index >= 15 is 0 Å². The molecule has 0 spiro atoms. The number of nitrogens with one attached hydrogen (secondary N) is 1. The van der Waals surface area contributed by atoms with Crippen molar-refractivity contribution in [2.24, 2.45) is 0 Å². The lowest BCUT2D eigenvalue weighted by molar-refractivity contribution is -0.137. The fourth-order valence-electron chi connectivity index (χ4n) is 1.92. The van der Waals surface area contributed by atoms with E-state index in [-0.39, 0.29) is 5.92 Å². The van der Waals surface area contributed by atoms with Crippen LogP contribution in [0.15, 0.2) is 28.7 Å². The van der Waals surface area contributed by atoms with E-state index in [4.69, 9.17) is 4.42 Å². The normalized spacial score (nSPS) is 17.4. The lowest BCUT2D eigenvalue weighted by Gasteiger charge is -2.24. The van der Waals surface area contributed by atoms with Crippen molar-refractivity contribution in [2.45, 2.75) is 12.1 Å². The van der Waals surface area contributed by atoms with E-state index in [1.165, 1.54) is 6.07 Å². The number of fused-ring (bicyclic) bond motifs is 1. The Balaban J connectivity index is 2.04. The topological polar surface area (TPSA) is 25.2 Å². The van der Waals surface area contributed by atoms with Gasteiger partial charge in [0.05, 0.1) is 5.56 Å². The molecule has 0 amide bonds. The minimum absolute atomic E-state index is 0.289. The summed E-state index contributed by atoms with van der Waals surface area (Å²) in [6.07, 6.45) is -4.32. The van der Waals surface area contributed by atoms with Gasteiger partial charge in [-0.1, -0.05) is 6.07 Å². The van der Waals surface area contributed by atoms with Crippen LogP contribution in [0.2, 0.25) is 0 Å². The Kier molecular flexibility index (Phi) is 2.19. The van der Waals surface area contributed by atoms with E-state index in [2.05, 4.69) is 5.32 Å². The van der Waals surface area contributed by atoms with Gasteiger partial charge in [-0.15, -0.1) is 0 Å². The van der Waals surface area contributed by atoms with Gasteiger partial charge in [0, 0.05) is 24.4 Å². The Morgan fingerprint density at radius 2 is 1.94 bits per heavy atom. The van der Waals surface area contributed by atoms with Crippen LogP contribution in [0.4, 0.5) is 13.2 Å². The molecule has 2 heterocycles. The first-order chi connectivity index (χ1) is 8.04. The second-order valence-electron chi connectivity index (χ2n) is 4.25. The van der Waals surface area contributed by atoms with Gasteiger partial charge in [0.1, 0.15) is 11.3 Å². The van der Waals surface area contributed by atoms with Gasteiger partial charge in [-0.3, -0.25) is 0 Å². The number of rotatable bonds is 1. The Labute approximate surface area is 95.4 Å². The van der Waals surface area contributed by atoms with Crippen LogP contribution in [-0.2, 0) is 6.18 Å². The number of hydrogen-bond acceptors (Lipinski definition) is 2. The number of furan rings is 1. The smallest absolute Gasteiger partial charge is 0.416 e. The molecule has 0 radical (unpaired) electrons. The SMILES string of the molecule is FC(F)(F)c1ccc2cc(C3CNC3)oc2c1. The maximum absolute atomic E-state index is 12.5. The summed E-state index contributed by atoms with van der Waals surface area (Å²) in [5.41, 5.74) is -0.362. The Hall–Kier alpha value is -1.49. The van der Waals surface area contributed by atoms with Crippen molar-refractivity contribution >= 4 is 11.0 Å². The van der Waals surface area contributed by atoms with Crippen LogP contribution in [-0.4, -0.2) is 13.1 Å². The van der Waals surface area contributed by atoms with E-state index in [1.807, 2.05) is 6.07 Å². The average Bonchev–Trinajstić information content (AvgIpc) is 2.54. The van der Waals surface area contributed by atoms with Gasteiger partial charge in [-0.2, -0.15) is 13.2 Å². The molecule has 90 valence electrons. The largest absolute Gasteiger partial charge is 0.461 e. The number of alkyl halides is 3. The van der Waals surface area contributed by atoms with Crippen molar-refractivity contribution in [3.63, 3.8) is 0 Å². The van der Waals surface area contributed by atoms with Crippen LogP contribution in [0.25, 0.3) is 11.0 Å². The summed E-state index contributed by atoms with van der Waals surface area (Å²) in [7, 11) is 0. The second-order valence-corrected chi connectivity index (χ2v) is 4.25. The highest BCUT2D eigenvalue weighted by Gasteiger charge is 2.31. The van der Waals surface area contributed by atoms with Crippen LogP contribution in [0.3, 0.4) is 0 Å². The van der Waals surface area contributed by atoms with Crippen LogP contribution in [0.5, 0.6) is 0 Å². The maximum Gasteiger partial charge on any atom is 0.416 e. The van der Waals surface area contributed by atoms with Gasteiger partial charge >= 0.3 is 6.18 Å². The second kappa shape index (κ2) is 3.50. The molecule has 0 bridgehead atoms. The summed E-state index contributed by atoms with van der Waals surface area (Å²) in [5.74, 6) is 1.05.